The van der Waals surface area contributed by atoms with Crippen molar-refractivity contribution in [3.05, 3.63) is 29.8 Å². The van der Waals surface area contributed by atoms with Crippen molar-refractivity contribution in [1.29, 1.82) is 0 Å². The quantitative estimate of drug-likeness (QED) is 0.760. The highest BCUT2D eigenvalue weighted by atomic mass is 16.4. The molecule has 0 aliphatic carbocycles. The molecule has 106 valence electrons. The molecule has 0 bridgehead atoms. The third-order valence-electron chi connectivity index (χ3n) is 3.20. The second-order valence-corrected chi connectivity index (χ2v) is 4.56. The first kappa shape index (κ1) is 13.9. The number of carboxylic acids is 1. The summed E-state index contributed by atoms with van der Waals surface area (Å²) >= 11 is 0. The summed E-state index contributed by atoms with van der Waals surface area (Å²) in [6, 6.07) is 4.90. The molecule has 0 saturated carbocycles. The molecule has 1 saturated heterocycles. The highest BCUT2D eigenvalue weighted by molar-refractivity contribution is 5.96. The van der Waals surface area contributed by atoms with Gasteiger partial charge in [-0.1, -0.05) is 6.07 Å². The number of carbonyl (C=O) groups is 3. The van der Waals surface area contributed by atoms with Crippen LogP contribution in [0.25, 0.3) is 0 Å². The van der Waals surface area contributed by atoms with Gasteiger partial charge >= 0.3 is 12.0 Å². The Hall–Kier alpha value is -2.57. The third kappa shape index (κ3) is 2.87. The van der Waals surface area contributed by atoms with Gasteiger partial charge in [0.1, 0.15) is 6.04 Å². The van der Waals surface area contributed by atoms with Crippen LogP contribution >= 0.6 is 0 Å². The van der Waals surface area contributed by atoms with Gasteiger partial charge in [-0.15, -0.1) is 0 Å². The molecule has 1 aliphatic rings. The Labute approximate surface area is 115 Å². The molecule has 2 rings (SSSR count). The number of likely N-dealkylation sites (tertiary alicyclic amines) is 1. The lowest BCUT2D eigenvalue weighted by Crippen LogP contribution is -2.42. The van der Waals surface area contributed by atoms with Crippen molar-refractivity contribution in [1.82, 2.24) is 4.90 Å². The number of nitrogens with zero attached hydrogens (tertiary/aromatic N) is 1. The average Bonchev–Trinajstić information content (AvgIpc) is 2.88. The first-order chi connectivity index (χ1) is 9.49. The number of primary amides is 1. The number of anilines is 1. The highest BCUT2D eigenvalue weighted by Crippen LogP contribution is 2.19. The molecule has 1 aromatic rings. The molecule has 0 unspecified atom stereocenters. The van der Waals surface area contributed by atoms with E-state index in [0.29, 0.717) is 25.1 Å². The summed E-state index contributed by atoms with van der Waals surface area (Å²) in [5.74, 6) is -1.60. The van der Waals surface area contributed by atoms with E-state index >= 15 is 0 Å². The van der Waals surface area contributed by atoms with E-state index in [0.717, 1.165) is 0 Å². The van der Waals surface area contributed by atoms with Gasteiger partial charge in [-0.05, 0) is 31.0 Å². The highest BCUT2D eigenvalue weighted by Gasteiger charge is 2.33. The second kappa shape index (κ2) is 5.60. The first-order valence-corrected chi connectivity index (χ1v) is 6.19. The molecular weight excluding hydrogens is 262 g/mol. The summed E-state index contributed by atoms with van der Waals surface area (Å²) in [5.41, 5.74) is 5.84. The maximum Gasteiger partial charge on any atom is 0.326 e. The van der Waals surface area contributed by atoms with Gasteiger partial charge in [0.15, 0.2) is 0 Å². The van der Waals surface area contributed by atoms with Crippen LogP contribution in [0.15, 0.2) is 24.3 Å². The van der Waals surface area contributed by atoms with Crippen molar-refractivity contribution in [3.63, 3.8) is 0 Å². The predicted octanol–water partition coefficient (Wildman–Crippen LogP) is 0.866. The number of hydrogen-bond acceptors (Lipinski definition) is 3. The van der Waals surface area contributed by atoms with Crippen LogP contribution in [0, 0.1) is 0 Å². The monoisotopic (exact) mass is 277 g/mol. The number of aliphatic carboxylic acids is 1. The Morgan fingerprint density at radius 3 is 2.75 bits per heavy atom. The standard InChI is InChI=1S/C13H15N3O4/c14-11(17)8-3-1-4-9(7-8)15-13(20)16-6-2-5-10(16)12(18)19/h1,3-4,7,10H,2,5-6H2,(H2,14,17)(H,15,20)(H,18,19)/t10-/m0/s1. The first-order valence-electron chi connectivity index (χ1n) is 6.19. The van der Waals surface area contributed by atoms with Gasteiger partial charge in [0.2, 0.25) is 5.91 Å². The number of benzene rings is 1. The van der Waals surface area contributed by atoms with Crippen LogP contribution in [-0.4, -0.2) is 40.5 Å². The fourth-order valence-corrected chi connectivity index (χ4v) is 2.21. The molecule has 1 heterocycles. The number of rotatable bonds is 3. The summed E-state index contributed by atoms with van der Waals surface area (Å²) in [4.78, 5) is 35.4. The van der Waals surface area contributed by atoms with Crippen LogP contribution in [0.4, 0.5) is 10.5 Å². The van der Waals surface area contributed by atoms with E-state index in [9.17, 15) is 14.4 Å². The summed E-state index contributed by atoms with van der Waals surface area (Å²) in [6.45, 7) is 0.401. The van der Waals surface area contributed by atoms with E-state index in [2.05, 4.69) is 5.32 Å². The topological polar surface area (TPSA) is 113 Å². The normalized spacial score (nSPS) is 17.8. The lowest BCUT2D eigenvalue weighted by Gasteiger charge is -2.21. The Morgan fingerprint density at radius 2 is 2.10 bits per heavy atom. The zero-order valence-corrected chi connectivity index (χ0v) is 10.7. The van der Waals surface area contributed by atoms with E-state index in [1.807, 2.05) is 0 Å². The van der Waals surface area contributed by atoms with E-state index in [4.69, 9.17) is 10.8 Å². The minimum atomic E-state index is -1.01. The van der Waals surface area contributed by atoms with Crippen molar-refractivity contribution in [2.75, 3.05) is 11.9 Å². The van der Waals surface area contributed by atoms with Gasteiger partial charge < -0.3 is 21.1 Å². The minimum absolute atomic E-state index is 0.277. The van der Waals surface area contributed by atoms with Crippen LogP contribution in [0.3, 0.4) is 0 Å². The van der Waals surface area contributed by atoms with Gasteiger partial charge in [0.25, 0.3) is 0 Å². The fourth-order valence-electron chi connectivity index (χ4n) is 2.21. The number of carboxylic acid groups (broad SMARTS) is 1. The number of nitrogens with one attached hydrogen (secondary N) is 1. The van der Waals surface area contributed by atoms with Crippen LogP contribution in [0.5, 0.6) is 0 Å². The third-order valence-corrected chi connectivity index (χ3v) is 3.20. The number of amides is 3. The smallest absolute Gasteiger partial charge is 0.326 e. The van der Waals surface area contributed by atoms with Crippen molar-refractivity contribution in [3.8, 4) is 0 Å². The molecule has 0 aromatic heterocycles. The molecule has 3 amide bonds. The van der Waals surface area contributed by atoms with Crippen molar-refractivity contribution >= 4 is 23.6 Å². The molecule has 1 aliphatic heterocycles. The van der Waals surface area contributed by atoms with E-state index < -0.39 is 23.9 Å². The van der Waals surface area contributed by atoms with E-state index in [-0.39, 0.29) is 5.56 Å². The predicted molar refractivity (Wildman–Crippen MR) is 71.3 cm³/mol. The Kier molecular flexibility index (Phi) is 3.88. The Bertz CT molecular complexity index is 558. The van der Waals surface area contributed by atoms with Crippen LogP contribution in [0.1, 0.15) is 23.2 Å². The average molecular weight is 277 g/mol. The van der Waals surface area contributed by atoms with Gasteiger partial charge in [-0.2, -0.15) is 0 Å². The molecule has 0 radical (unpaired) electrons. The molecule has 1 atom stereocenters. The lowest BCUT2D eigenvalue weighted by atomic mass is 10.2. The van der Waals surface area contributed by atoms with Crippen LogP contribution in [-0.2, 0) is 4.79 Å². The number of nitrogens with two attached hydrogens (primary N) is 1. The summed E-state index contributed by atoms with van der Waals surface area (Å²) in [5, 5.41) is 11.6. The summed E-state index contributed by atoms with van der Waals surface area (Å²) < 4.78 is 0. The van der Waals surface area contributed by atoms with Crippen molar-refractivity contribution < 1.29 is 19.5 Å². The maximum absolute atomic E-state index is 12.0. The number of urea groups is 1. The van der Waals surface area contributed by atoms with Crippen molar-refractivity contribution in [2.24, 2.45) is 5.73 Å². The summed E-state index contributed by atoms with van der Waals surface area (Å²) in [7, 11) is 0. The fraction of sp³-hybridized carbons (Fsp3) is 0.308. The lowest BCUT2D eigenvalue weighted by molar-refractivity contribution is -0.141. The molecule has 20 heavy (non-hydrogen) atoms. The van der Waals surface area contributed by atoms with Crippen LogP contribution < -0.4 is 11.1 Å². The maximum atomic E-state index is 12.0. The van der Waals surface area contributed by atoms with Crippen molar-refractivity contribution in [2.45, 2.75) is 18.9 Å². The Morgan fingerprint density at radius 1 is 1.35 bits per heavy atom. The molecule has 4 N–H and O–H groups in total. The zero-order valence-electron chi connectivity index (χ0n) is 10.7. The van der Waals surface area contributed by atoms with Gasteiger partial charge in [-0.3, -0.25) is 4.79 Å². The van der Waals surface area contributed by atoms with Gasteiger partial charge in [-0.25, -0.2) is 9.59 Å². The second-order valence-electron chi connectivity index (χ2n) is 4.56. The molecule has 1 fully saturated rings. The number of hydrogen-bond donors (Lipinski definition) is 3. The van der Waals surface area contributed by atoms with Crippen LogP contribution in [0.2, 0.25) is 0 Å². The van der Waals surface area contributed by atoms with Gasteiger partial charge in [0, 0.05) is 17.8 Å². The molecule has 7 nitrogen and oxygen atoms in total. The molecular formula is C13H15N3O4. The van der Waals surface area contributed by atoms with Gasteiger partial charge in [0.05, 0.1) is 0 Å². The molecule has 0 spiro atoms. The minimum Gasteiger partial charge on any atom is -0.480 e. The number of carbonyl (C=O) groups excluding carboxylic acids is 2. The largest absolute Gasteiger partial charge is 0.480 e. The molecule has 1 aromatic carbocycles. The van der Waals surface area contributed by atoms with E-state index in [1.165, 1.54) is 17.0 Å². The molecule has 7 heteroatoms. The van der Waals surface area contributed by atoms with E-state index in [1.54, 1.807) is 12.1 Å². The summed E-state index contributed by atoms with van der Waals surface area (Å²) in [6.07, 6.45) is 1.11. The zero-order chi connectivity index (χ0) is 14.7. The SMILES string of the molecule is NC(=O)c1cccc(NC(=O)N2CCC[C@H]2C(=O)O)c1. The Balaban J connectivity index is 2.09.